The number of fused-ring (bicyclic) bond motifs is 1. The van der Waals surface area contributed by atoms with Gasteiger partial charge >= 0.3 is 0 Å². The molecule has 122 valence electrons. The highest BCUT2D eigenvalue weighted by Crippen LogP contribution is 2.40. The predicted molar refractivity (Wildman–Crippen MR) is 96.6 cm³/mol. The van der Waals surface area contributed by atoms with Gasteiger partial charge in [0.25, 0.3) is 0 Å². The number of benzene rings is 2. The van der Waals surface area contributed by atoms with Crippen LogP contribution >= 0.6 is 11.3 Å². The summed E-state index contributed by atoms with van der Waals surface area (Å²) in [6, 6.07) is 20.6. The Kier molecular flexibility index (Phi) is 4.00. The fraction of sp³-hybridized carbons (Fsp3) is 0.158. The summed E-state index contributed by atoms with van der Waals surface area (Å²) >= 11 is 1.60. The molecule has 3 aromatic rings. The Morgan fingerprint density at radius 1 is 0.917 bits per heavy atom. The molecule has 3 nitrogen and oxygen atoms in total. The molecule has 0 saturated carbocycles. The molecule has 5 heteroatoms. The summed E-state index contributed by atoms with van der Waals surface area (Å²) in [7, 11) is -3.54. The lowest BCUT2D eigenvalue weighted by molar-refractivity contribution is 0.347. The maximum Gasteiger partial charge on any atom is 0.243 e. The Hall–Kier alpha value is -1.95. The highest BCUT2D eigenvalue weighted by atomic mass is 32.2. The van der Waals surface area contributed by atoms with E-state index in [-0.39, 0.29) is 6.04 Å². The van der Waals surface area contributed by atoms with Crippen molar-refractivity contribution in [2.45, 2.75) is 17.4 Å². The summed E-state index contributed by atoms with van der Waals surface area (Å²) in [5, 5.41) is 2.00. The van der Waals surface area contributed by atoms with Gasteiger partial charge in [-0.15, -0.1) is 11.3 Å². The minimum absolute atomic E-state index is 0.250. The average molecular weight is 355 g/mol. The molecule has 0 fully saturated rings. The number of hydrogen-bond donors (Lipinski definition) is 0. The van der Waals surface area contributed by atoms with E-state index < -0.39 is 10.0 Å². The Morgan fingerprint density at radius 2 is 1.67 bits per heavy atom. The van der Waals surface area contributed by atoms with Gasteiger partial charge in [-0.2, -0.15) is 4.31 Å². The minimum atomic E-state index is -3.54. The van der Waals surface area contributed by atoms with Crippen LogP contribution in [0, 0.1) is 0 Å². The summed E-state index contributed by atoms with van der Waals surface area (Å²) in [4.78, 5) is 1.41. The molecule has 0 radical (unpaired) electrons. The fourth-order valence-corrected chi connectivity index (χ4v) is 5.80. The quantitative estimate of drug-likeness (QED) is 0.710. The summed E-state index contributed by atoms with van der Waals surface area (Å²) in [6.07, 6.45) is 0.740. The number of sulfonamides is 1. The zero-order valence-electron chi connectivity index (χ0n) is 13.0. The lowest BCUT2D eigenvalue weighted by Gasteiger charge is -2.36. The summed E-state index contributed by atoms with van der Waals surface area (Å²) < 4.78 is 28.1. The van der Waals surface area contributed by atoms with Gasteiger partial charge in [-0.3, -0.25) is 0 Å². The molecule has 0 bridgehead atoms. The van der Waals surface area contributed by atoms with Gasteiger partial charge in [-0.1, -0.05) is 48.5 Å². The Bertz CT molecular complexity index is 935. The first-order chi connectivity index (χ1) is 11.7. The van der Waals surface area contributed by atoms with Crippen LogP contribution in [0.15, 0.2) is 77.0 Å². The molecule has 4 rings (SSSR count). The van der Waals surface area contributed by atoms with Crippen molar-refractivity contribution < 1.29 is 8.42 Å². The van der Waals surface area contributed by atoms with E-state index in [4.69, 9.17) is 0 Å². The van der Waals surface area contributed by atoms with Crippen LogP contribution in [-0.4, -0.2) is 19.3 Å². The third kappa shape index (κ3) is 2.59. The SMILES string of the molecule is O=S(=O)(c1ccccc1)N1CCc2ccccc2C1c1cccs1. The molecule has 2 heterocycles. The molecule has 2 aromatic carbocycles. The van der Waals surface area contributed by atoms with Gasteiger partial charge in [0.15, 0.2) is 0 Å². The maximum atomic E-state index is 13.2. The number of hydrogen-bond acceptors (Lipinski definition) is 3. The van der Waals surface area contributed by atoms with E-state index in [0.29, 0.717) is 11.4 Å². The van der Waals surface area contributed by atoms with E-state index in [9.17, 15) is 8.42 Å². The zero-order valence-corrected chi connectivity index (χ0v) is 14.6. The average Bonchev–Trinajstić information content (AvgIpc) is 3.15. The van der Waals surface area contributed by atoms with Crippen LogP contribution in [0.4, 0.5) is 0 Å². The monoisotopic (exact) mass is 355 g/mol. The fourth-order valence-electron chi connectivity index (χ4n) is 3.27. The van der Waals surface area contributed by atoms with Crippen LogP contribution < -0.4 is 0 Å². The Labute approximate surface area is 146 Å². The van der Waals surface area contributed by atoms with E-state index in [1.54, 1.807) is 39.9 Å². The highest BCUT2D eigenvalue weighted by molar-refractivity contribution is 7.89. The van der Waals surface area contributed by atoms with Gasteiger partial charge in [-0.05, 0) is 41.1 Å². The van der Waals surface area contributed by atoms with Crippen LogP contribution in [0.3, 0.4) is 0 Å². The second-order valence-corrected chi connectivity index (χ2v) is 8.67. The van der Waals surface area contributed by atoms with Crippen molar-refractivity contribution in [2.24, 2.45) is 0 Å². The van der Waals surface area contributed by atoms with Gasteiger partial charge in [0.1, 0.15) is 0 Å². The lowest BCUT2D eigenvalue weighted by atomic mass is 9.93. The summed E-state index contributed by atoms with van der Waals surface area (Å²) in [5.74, 6) is 0. The minimum Gasteiger partial charge on any atom is -0.207 e. The predicted octanol–water partition coefficient (Wildman–Crippen LogP) is 4.08. The van der Waals surface area contributed by atoms with Gasteiger partial charge in [0, 0.05) is 11.4 Å². The van der Waals surface area contributed by atoms with Crippen LogP contribution in [0.1, 0.15) is 22.0 Å². The molecule has 1 atom stereocenters. The molecular formula is C19H17NO2S2. The van der Waals surface area contributed by atoms with Crippen LogP contribution in [0.2, 0.25) is 0 Å². The van der Waals surface area contributed by atoms with Gasteiger partial charge in [0.05, 0.1) is 10.9 Å². The van der Waals surface area contributed by atoms with Crippen LogP contribution in [-0.2, 0) is 16.4 Å². The second-order valence-electron chi connectivity index (χ2n) is 5.80. The normalized spacial score (nSPS) is 18.2. The van der Waals surface area contributed by atoms with E-state index >= 15 is 0 Å². The van der Waals surface area contributed by atoms with E-state index in [2.05, 4.69) is 6.07 Å². The molecule has 0 spiro atoms. The van der Waals surface area contributed by atoms with Crippen molar-refractivity contribution >= 4 is 21.4 Å². The van der Waals surface area contributed by atoms with Crippen molar-refractivity contribution in [1.82, 2.24) is 4.31 Å². The van der Waals surface area contributed by atoms with Crippen molar-refractivity contribution in [1.29, 1.82) is 0 Å². The molecule has 0 N–H and O–H groups in total. The smallest absolute Gasteiger partial charge is 0.207 e. The maximum absolute atomic E-state index is 13.2. The number of nitrogens with zero attached hydrogens (tertiary/aromatic N) is 1. The molecule has 0 aliphatic carbocycles. The first-order valence-corrected chi connectivity index (χ1v) is 10.2. The topological polar surface area (TPSA) is 37.4 Å². The molecule has 1 aliphatic heterocycles. The van der Waals surface area contributed by atoms with Gasteiger partial charge in [-0.25, -0.2) is 8.42 Å². The molecule has 24 heavy (non-hydrogen) atoms. The van der Waals surface area contributed by atoms with E-state index in [0.717, 1.165) is 16.9 Å². The highest BCUT2D eigenvalue weighted by Gasteiger charge is 2.37. The Balaban J connectivity index is 1.86. The van der Waals surface area contributed by atoms with Crippen molar-refractivity contribution in [2.75, 3.05) is 6.54 Å². The molecule has 1 aromatic heterocycles. The van der Waals surface area contributed by atoms with Crippen LogP contribution in [0.25, 0.3) is 0 Å². The van der Waals surface area contributed by atoms with Crippen molar-refractivity contribution in [3.63, 3.8) is 0 Å². The van der Waals surface area contributed by atoms with Gasteiger partial charge in [0.2, 0.25) is 10.0 Å². The lowest BCUT2D eigenvalue weighted by Crippen LogP contribution is -2.40. The standard InChI is InChI=1S/C19H17NO2S2/c21-24(22,16-8-2-1-3-9-16)20-13-12-15-7-4-5-10-17(15)19(20)18-11-6-14-23-18/h1-11,14,19H,12-13H2. The molecule has 1 aliphatic rings. The number of rotatable bonds is 3. The van der Waals surface area contributed by atoms with Crippen molar-refractivity contribution in [3.05, 3.63) is 88.1 Å². The summed E-state index contributed by atoms with van der Waals surface area (Å²) in [5.41, 5.74) is 2.32. The molecule has 0 saturated heterocycles. The third-order valence-corrected chi connectivity index (χ3v) is 7.21. The van der Waals surface area contributed by atoms with Gasteiger partial charge < -0.3 is 0 Å². The molecular weight excluding hydrogens is 338 g/mol. The number of thiophene rings is 1. The zero-order chi connectivity index (χ0) is 16.6. The molecule has 1 unspecified atom stereocenters. The Morgan fingerprint density at radius 3 is 2.42 bits per heavy atom. The third-order valence-electron chi connectivity index (χ3n) is 4.40. The van der Waals surface area contributed by atoms with Crippen LogP contribution in [0.5, 0.6) is 0 Å². The second kappa shape index (κ2) is 6.16. The first kappa shape index (κ1) is 15.6. The largest absolute Gasteiger partial charge is 0.243 e. The summed E-state index contributed by atoms with van der Waals surface area (Å²) in [6.45, 7) is 0.497. The molecule has 0 amide bonds. The van der Waals surface area contributed by atoms with Crippen molar-refractivity contribution in [3.8, 4) is 0 Å². The van der Waals surface area contributed by atoms with E-state index in [1.165, 1.54) is 5.56 Å². The first-order valence-electron chi connectivity index (χ1n) is 7.86. The van der Waals surface area contributed by atoms with E-state index in [1.807, 2.05) is 41.8 Å².